The van der Waals surface area contributed by atoms with Crippen LogP contribution in [0.3, 0.4) is 0 Å². The summed E-state index contributed by atoms with van der Waals surface area (Å²) in [7, 11) is 0. The van der Waals surface area contributed by atoms with Gasteiger partial charge in [-0.3, -0.25) is 4.79 Å². The van der Waals surface area contributed by atoms with Gasteiger partial charge in [0, 0.05) is 11.4 Å². The summed E-state index contributed by atoms with van der Waals surface area (Å²) < 4.78 is 5.80. The van der Waals surface area contributed by atoms with E-state index in [1.165, 1.54) is 6.92 Å². The molecular weight excluding hydrogens is 244 g/mol. The van der Waals surface area contributed by atoms with Gasteiger partial charge >= 0.3 is 5.97 Å². The first kappa shape index (κ1) is 11.0. The molecule has 0 atom stereocenters. The number of ether oxygens (including phenoxy) is 1. The molecule has 0 saturated carbocycles. The third kappa shape index (κ3) is 4.23. The monoisotopic (exact) mass is 254 g/mol. The van der Waals surface area contributed by atoms with Crippen LogP contribution >= 0.6 is 15.9 Å². The molecule has 14 heavy (non-hydrogen) atoms. The van der Waals surface area contributed by atoms with Crippen LogP contribution in [0.2, 0.25) is 0 Å². The summed E-state index contributed by atoms with van der Waals surface area (Å²) in [5.41, 5.74) is 1.08. The van der Waals surface area contributed by atoms with Gasteiger partial charge in [-0.15, -0.1) is 0 Å². The van der Waals surface area contributed by atoms with Crippen LogP contribution in [-0.2, 0) is 9.53 Å². The number of carbonyl (C=O) groups is 1. The average Bonchev–Trinajstić information content (AvgIpc) is 2.15. The van der Waals surface area contributed by atoms with Crippen molar-refractivity contribution in [1.82, 2.24) is 0 Å². The molecule has 3 heteroatoms. The van der Waals surface area contributed by atoms with Gasteiger partial charge in [0.1, 0.15) is 6.61 Å². The zero-order valence-electron chi connectivity index (χ0n) is 7.87. The quantitative estimate of drug-likeness (QED) is 0.776. The molecule has 0 bridgehead atoms. The lowest BCUT2D eigenvalue weighted by Gasteiger charge is -1.95. The summed E-state index contributed by atoms with van der Waals surface area (Å²) in [6.07, 6.45) is 3.72. The molecule has 74 valence electrons. The third-order valence-corrected chi connectivity index (χ3v) is 2.09. The molecule has 1 aromatic rings. The van der Waals surface area contributed by atoms with Gasteiger partial charge < -0.3 is 4.74 Å². The molecule has 0 aliphatic heterocycles. The summed E-state index contributed by atoms with van der Waals surface area (Å²) >= 11 is 3.35. The van der Waals surface area contributed by atoms with Gasteiger partial charge in [-0.1, -0.05) is 34.1 Å². The molecule has 0 radical (unpaired) electrons. The van der Waals surface area contributed by atoms with Crippen molar-refractivity contribution in [3.8, 4) is 0 Å². The van der Waals surface area contributed by atoms with E-state index in [4.69, 9.17) is 4.74 Å². The van der Waals surface area contributed by atoms with Crippen molar-refractivity contribution in [2.75, 3.05) is 6.61 Å². The second-order valence-electron chi connectivity index (χ2n) is 2.76. The number of hydrogen-bond acceptors (Lipinski definition) is 2. The largest absolute Gasteiger partial charge is 0.462 e. The predicted octanol–water partition coefficient (Wildman–Crippen LogP) is 3.03. The van der Waals surface area contributed by atoms with E-state index in [1.807, 2.05) is 36.4 Å². The van der Waals surface area contributed by atoms with Gasteiger partial charge in [0.25, 0.3) is 0 Å². The molecule has 0 saturated heterocycles. The number of carbonyl (C=O) groups excluding carboxylic acids is 1. The van der Waals surface area contributed by atoms with Crippen molar-refractivity contribution >= 4 is 28.0 Å². The van der Waals surface area contributed by atoms with E-state index in [1.54, 1.807) is 0 Å². The second kappa shape index (κ2) is 5.60. The lowest BCUT2D eigenvalue weighted by Crippen LogP contribution is -1.97. The Kier molecular flexibility index (Phi) is 4.40. The number of rotatable bonds is 3. The number of benzene rings is 1. The van der Waals surface area contributed by atoms with Crippen LogP contribution in [0, 0.1) is 0 Å². The molecule has 0 spiro atoms. The van der Waals surface area contributed by atoms with Crippen molar-refractivity contribution in [2.24, 2.45) is 0 Å². The first-order valence-electron chi connectivity index (χ1n) is 4.24. The fourth-order valence-corrected chi connectivity index (χ4v) is 1.19. The van der Waals surface area contributed by atoms with Crippen LogP contribution in [-0.4, -0.2) is 12.6 Å². The molecule has 0 aromatic heterocycles. The molecule has 0 aliphatic carbocycles. The highest BCUT2D eigenvalue weighted by molar-refractivity contribution is 9.10. The normalized spacial score (nSPS) is 10.4. The highest BCUT2D eigenvalue weighted by Crippen LogP contribution is 2.11. The van der Waals surface area contributed by atoms with E-state index in [-0.39, 0.29) is 5.97 Å². The van der Waals surface area contributed by atoms with Gasteiger partial charge in [-0.05, 0) is 23.8 Å². The molecule has 0 N–H and O–H groups in total. The van der Waals surface area contributed by atoms with Crippen molar-refractivity contribution in [3.63, 3.8) is 0 Å². The summed E-state index contributed by atoms with van der Waals surface area (Å²) in [5.74, 6) is -0.259. The Morgan fingerprint density at radius 1 is 1.43 bits per heavy atom. The van der Waals surface area contributed by atoms with Crippen LogP contribution < -0.4 is 0 Å². The number of esters is 1. The van der Waals surface area contributed by atoms with E-state index in [0.29, 0.717) is 6.61 Å². The molecule has 0 amide bonds. The molecule has 1 rings (SSSR count). The highest BCUT2D eigenvalue weighted by atomic mass is 79.9. The molecular formula is C11H11BrO2. The molecule has 1 aromatic carbocycles. The molecule has 0 aliphatic rings. The third-order valence-electron chi connectivity index (χ3n) is 1.56. The van der Waals surface area contributed by atoms with Crippen LogP contribution in [0.1, 0.15) is 12.5 Å². The van der Waals surface area contributed by atoms with E-state index in [0.717, 1.165) is 10.0 Å². The van der Waals surface area contributed by atoms with Crippen molar-refractivity contribution in [3.05, 3.63) is 40.4 Å². The first-order chi connectivity index (χ1) is 6.68. The lowest BCUT2D eigenvalue weighted by molar-refractivity contribution is -0.139. The first-order valence-corrected chi connectivity index (χ1v) is 5.03. The Morgan fingerprint density at radius 2 is 2.07 bits per heavy atom. The van der Waals surface area contributed by atoms with Crippen LogP contribution in [0.15, 0.2) is 34.8 Å². The minimum Gasteiger partial charge on any atom is -0.462 e. The van der Waals surface area contributed by atoms with Gasteiger partial charge in [0.2, 0.25) is 0 Å². The Balaban J connectivity index is 2.44. The van der Waals surface area contributed by atoms with Crippen molar-refractivity contribution in [2.45, 2.75) is 6.92 Å². The van der Waals surface area contributed by atoms with E-state index in [9.17, 15) is 4.79 Å². The summed E-state index contributed by atoms with van der Waals surface area (Å²) in [4.78, 5) is 10.4. The molecule has 0 heterocycles. The number of halogens is 1. The van der Waals surface area contributed by atoms with E-state index < -0.39 is 0 Å². The Bertz CT molecular complexity index is 328. The summed E-state index contributed by atoms with van der Waals surface area (Å²) in [6, 6.07) is 7.89. The maximum absolute atomic E-state index is 10.4. The topological polar surface area (TPSA) is 26.3 Å². The summed E-state index contributed by atoms with van der Waals surface area (Å²) in [5, 5.41) is 0. The minimum absolute atomic E-state index is 0.259. The molecule has 2 nitrogen and oxygen atoms in total. The van der Waals surface area contributed by atoms with Crippen LogP contribution in [0.5, 0.6) is 0 Å². The smallest absolute Gasteiger partial charge is 0.302 e. The maximum atomic E-state index is 10.4. The Labute approximate surface area is 91.7 Å². The predicted molar refractivity (Wildman–Crippen MR) is 59.8 cm³/mol. The van der Waals surface area contributed by atoms with Gasteiger partial charge in [0.05, 0.1) is 0 Å². The van der Waals surface area contributed by atoms with E-state index >= 15 is 0 Å². The Morgan fingerprint density at radius 3 is 2.64 bits per heavy atom. The van der Waals surface area contributed by atoms with Crippen LogP contribution in [0.4, 0.5) is 0 Å². The minimum atomic E-state index is -0.259. The highest BCUT2D eigenvalue weighted by Gasteiger charge is 1.89. The second-order valence-corrected chi connectivity index (χ2v) is 3.67. The zero-order chi connectivity index (χ0) is 10.4. The lowest BCUT2D eigenvalue weighted by atomic mass is 10.2. The zero-order valence-corrected chi connectivity index (χ0v) is 9.45. The maximum Gasteiger partial charge on any atom is 0.302 e. The van der Waals surface area contributed by atoms with Gasteiger partial charge in [0.15, 0.2) is 0 Å². The Hall–Kier alpha value is -1.09. The molecule has 0 unspecified atom stereocenters. The SMILES string of the molecule is CC(=O)OCC=Cc1ccc(Br)cc1. The average molecular weight is 255 g/mol. The van der Waals surface area contributed by atoms with E-state index in [2.05, 4.69) is 15.9 Å². The summed E-state index contributed by atoms with van der Waals surface area (Å²) in [6.45, 7) is 1.72. The fourth-order valence-electron chi connectivity index (χ4n) is 0.924. The molecule has 0 fully saturated rings. The van der Waals surface area contributed by atoms with Gasteiger partial charge in [-0.2, -0.15) is 0 Å². The number of hydrogen-bond donors (Lipinski definition) is 0. The fraction of sp³-hybridized carbons (Fsp3) is 0.182. The van der Waals surface area contributed by atoms with Crippen LogP contribution in [0.25, 0.3) is 6.08 Å². The van der Waals surface area contributed by atoms with Crippen molar-refractivity contribution in [1.29, 1.82) is 0 Å². The van der Waals surface area contributed by atoms with Crippen molar-refractivity contribution < 1.29 is 9.53 Å². The standard InChI is InChI=1S/C11H11BrO2/c1-9(13)14-8-2-3-10-4-6-11(12)7-5-10/h2-7H,8H2,1H3. The van der Waals surface area contributed by atoms with Gasteiger partial charge in [-0.25, -0.2) is 0 Å².